The third-order valence-electron chi connectivity index (χ3n) is 1.96. The van der Waals surface area contributed by atoms with Gasteiger partial charge in [0.1, 0.15) is 17.2 Å². The molecule has 0 aliphatic rings. The van der Waals surface area contributed by atoms with Crippen LogP contribution in [0.25, 0.3) is 0 Å². The van der Waals surface area contributed by atoms with Crippen molar-refractivity contribution in [2.24, 2.45) is 0 Å². The van der Waals surface area contributed by atoms with E-state index in [-0.39, 0.29) is 0 Å². The van der Waals surface area contributed by atoms with Crippen LogP contribution in [-0.2, 0) is 6.42 Å². The third-order valence-corrected chi connectivity index (χ3v) is 1.96. The Balaban J connectivity index is 2.98. The van der Waals surface area contributed by atoms with E-state index in [1.165, 1.54) is 0 Å². The van der Waals surface area contributed by atoms with Crippen molar-refractivity contribution in [2.75, 3.05) is 0 Å². The predicted octanol–water partition coefficient (Wildman–Crippen LogP) is 1.27. The molecule has 0 aliphatic heterocycles. The monoisotopic (exact) mass is 238 g/mol. The molecule has 4 nitrogen and oxygen atoms in total. The molecule has 16 heavy (non-hydrogen) atoms. The van der Waals surface area contributed by atoms with Crippen molar-refractivity contribution >= 4 is 0 Å². The van der Waals surface area contributed by atoms with Crippen LogP contribution in [0.2, 0.25) is 0 Å². The fourth-order valence-corrected chi connectivity index (χ4v) is 1.15. The van der Waals surface area contributed by atoms with Crippen molar-refractivity contribution in [2.45, 2.75) is 18.7 Å². The number of benzene rings is 1. The molecular formula is C9H9F3O4. The smallest absolute Gasteiger partial charge is 0.414 e. The van der Waals surface area contributed by atoms with E-state index in [0.717, 1.165) is 12.1 Å². The molecule has 0 bridgehead atoms. The van der Waals surface area contributed by atoms with Crippen LogP contribution in [0.15, 0.2) is 12.1 Å². The predicted molar refractivity (Wildman–Crippen MR) is 47.2 cm³/mol. The molecule has 0 spiro atoms. The van der Waals surface area contributed by atoms with E-state index in [2.05, 4.69) is 0 Å². The van der Waals surface area contributed by atoms with E-state index in [1.807, 2.05) is 0 Å². The number of alkyl halides is 3. The maximum Gasteiger partial charge on any atom is 0.414 e. The lowest BCUT2D eigenvalue weighted by atomic mass is 10.0. The fraction of sp³-hybridized carbons (Fsp3) is 0.333. The first-order valence-electron chi connectivity index (χ1n) is 4.20. The van der Waals surface area contributed by atoms with Crippen molar-refractivity contribution in [1.82, 2.24) is 0 Å². The zero-order valence-corrected chi connectivity index (χ0v) is 7.86. The normalized spacial score (nSPS) is 13.8. The summed E-state index contributed by atoms with van der Waals surface area (Å²) in [4.78, 5) is 0. The molecule has 0 radical (unpaired) electrons. The molecule has 1 aromatic carbocycles. The molecule has 0 aromatic heterocycles. The molecule has 90 valence electrons. The topological polar surface area (TPSA) is 80.9 Å². The Bertz CT molecular complexity index is 366. The number of hydrogen-bond donors (Lipinski definition) is 4. The van der Waals surface area contributed by atoms with Crippen LogP contribution in [0.3, 0.4) is 0 Å². The summed E-state index contributed by atoms with van der Waals surface area (Å²) in [5.41, 5.74) is -0.470. The number of aliphatic hydroxyl groups excluding tert-OH is 1. The van der Waals surface area contributed by atoms with Gasteiger partial charge in [0.25, 0.3) is 0 Å². The average molecular weight is 238 g/mol. The molecule has 0 heterocycles. The van der Waals surface area contributed by atoms with Crippen LogP contribution in [0.4, 0.5) is 13.2 Å². The molecular weight excluding hydrogens is 229 g/mol. The van der Waals surface area contributed by atoms with Crippen LogP contribution in [0, 0.1) is 0 Å². The van der Waals surface area contributed by atoms with Gasteiger partial charge in [-0.1, -0.05) is 0 Å². The highest BCUT2D eigenvalue weighted by atomic mass is 19.4. The van der Waals surface area contributed by atoms with Crippen LogP contribution in [0.5, 0.6) is 17.2 Å². The first-order valence-corrected chi connectivity index (χ1v) is 4.20. The first-order chi connectivity index (χ1) is 7.21. The van der Waals surface area contributed by atoms with Crippen molar-refractivity contribution in [1.29, 1.82) is 0 Å². The standard InChI is InChI=1S/C9H9F3O4/c10-9(11,12)8(16)3-5-6(14)1-4(13)2-7(5)15/h1-2,8,13-16H,3H2. The molecule has 0 saturated heterocycles. The Kier molecular flexibility index (Phi) is 3.18. The van der Waals surface area contributed by atoms with Crippen molar-refractivity contribution in [3.63, 3.8) is 0 Å². The molecule has 0 fully saturated rings. The van der Waals surface area contributed by atoms with E-state index in [1.54, 1.807) is 0 Å². The second-order valence-electron chi connectivity index (χ2n) is 3.22. The van der Waals surface area contributed by atoms with Crippen LogP contribution in [-0.4, -0.2) is 32.7 Å². The molecule has 1 rings (SSSR count). The first kappa shape index (κ1) is 12.4. The minimum absolute atomic E-state index is 0.470. The van der Waals surface area contributed by atoms with E-state index in [4.69, 9.17) is 10.2 Å². The summed E-state index contributed by atoms with van der Waals surface area (Å²) in [6.45, 7) is 0. The number of phenolic OH excluding ortho intramolecular Hbond substituents is 3. The molecule has 1 unspecified atom stereocenters. The summed E-state index contributed by atoms with van der Waals surface area (Å²) in [5, 5.41) is 36.0. The lowest BCUT2D eigenvalue weighted by molar-refractivity contribution is -0.203. The maximum atomic E-state index is 12.0. The fourth-order valence-electron chi connectivity index (χ4n) is 1.15. The zero-order chi connectivity index (χ0) is 12.5. The number of aliphatic hydroxyl groups is 1. The van der Waals surface area contributed by atoms with Gasteiger partial charge < -0.3 is 20.4 Å². The Labute approximate surface area is 88.2 Å². The van der Waals surface area contributed by atoms with E-state index < -0.39 is 41.5 Å². The highest BCUT2D eigenvalue weighted by Crippen LogP contribution is 2.35. The molecule has 0 saturated carbocycles. The summed E-state index contributed by atoms with van der Waals surface area (Å²) >= 11 is 0. The summed E-state index contributed by atoms with van der Waals surface area (Å²) in [7, 11) is 0. The van der Waals surface area contributed by atoms with Gasteiger partial charge in [0.15, 0.2) is 6.10 Å². The number of hydrogen-bond acceptors (Lipinski definition) is 4. The Morgan fingerprint density at radius 1 is 1.06 bits per heavy atom. The lowest BCUT2D eigenvalue weighted by Gasteiger charge is -2.15. The van der Waals surface area contributed by atoms with Crippen molar-refractivity contribution in [3.05, 3.63) is 17.7 Å². The second-order valence-corrected chi connectivity index (χ2v) is 3.22. The summed E-state index contributed by atoms with van der Waals surface area (Å²) in [6, 6.07) is 1.55. The van der Waals surface area contributed by atoms with Crippen molar-refractivity contribution in [3.8, 4) is 17.2 Å². The number of phenols is 3. The Morgan fingerprint density at radius 2 is 1.50 bits per heavy atom. The third kappa shape index (κ3) is 2.69. The summed E-state index contributed by atoms with van der Waals surface area (Å²) < 4.78 is 36.0. The number of rotatable bonds is 2. The van der Waals surface area contributed by atoms with Crippen molar-refractivity contribution < 1.29 is 33.6 Å². The number of aromatic hydroxyl groups is 3. The number of halogens is 3. The summed E-state index contributed by atoms with van der Waals surface area (Å²) in [5.74, 6) is -1.90. The highest BCUT2D eigenvalue weighted by molar-refractivity contribution is 5.48. The average Bonchev–Trinajstić information content (AvgIpc) is 2.08. The van der Waals surface area contributed by atoms with E-state index in [0.29, 0.717) is 0 Å². The Hall–Kier alpha value is -1.63. The SMILES string of the molecule is Oc1cc(O)c(CC(O)C(F)(F)F)c(O)c1. The molecule has 1 aromatic rings. The van der Waals surface area contributed by atoms with Gasteiger partial charge in [0.2, 0.25) is 0 Å². The lowest BCUT2D eigenvalue weighted by Crippen LogP contribution is -2.30. The van der Waals surface area contributed by atoms with Gasteiger partial charge in [-0.2, -0.15) is 13.2 Å². The van der Waals surface area contributed by atoms with E-state index in [9.17, 15) is 23.4 Å². The van der Waals surface area contributed by atoms with Crippen LogP contribution in [0.1, 0.15) is 5.56 Å². The quantitative estimate of drug-likeness (QED) is 0.625. The Morgan fingerprint density at radius 3 is 1.88 bits per heavy atom. The molecule has 7 heteroatoms. The van der Waals surface area contributed by atoms with E-state index >= 15 is 0 Å². The minimum Gasteiger partial charge on any atom is -0.508 e. The van der Waals surface area contributed by atoms with Gasteiger partial charge in [-0.05, 0) is 0 Å². The largest absolute Gasteiger partial charge is 0.508 e. The van der Waals surface area contributed by atoms with Gasteiger partial charge in [0.05, 0.1) is 0 Å². The van der Waals surface area contributed by atoms with Gasteiger partial charge in [-0.25, -0.2) is 0 Å². The molecule has 1 atom stereocenters. The van der Waals surface area contributed by atoms with Gasteiger partial charge in [0, 0.05) is 24.1 Å². The second kappa shape index (κ2) is 4.09. The van der Waals surface area contributed by atoms with Gasteiger partial charge in [-0.15, -0.1) is 0 Å². The zero-order valence-electron chi connectivity index (χ0n) is 7.86. The minimum atomic E-state index is -4.84. The molecule has 0 aliphatic carbocycles. The summed E-state index contributed by atoms with van der Waals surface area (Å²) in [6.07, 6.45) is -8.51. The van der Waals surface area contributed by atoms with Gasteiger partial charge in [-0.3, -0.25) is 0 Å². The maximum absolute atomic E-state index is 12.0. The van der Waals surface area contributed by atoms with Gasteiger partial charge >= 0.3 is 6.18 Å². The van der Waals surface area contributed by atoms with Crippen LogP contribution < -0.4 is 0 Å². The molecule has 0 amide bonds. The van der Waals surface area contributed by atoms with Crippen LogP contribution >= 0.6 is 0 Å². The highest BCUT2D eigenvalue weighted by Gasteiger charge is 2.39. The molecule has 4 N–H and O–H groups in total.